The Hall–Kier alpha value is -3.53. The number of ether oxygens (including phenoxy) is 1. The van der Waals surface area contributed by atoms with Crippen LogP contribution in [0.15, 0.2) is 59.6 Å². The number of nitrogens with zero attached hydrogens (tertiary/aromatic N) is 3. The lowest BCUT2D eigenvalue weighted by atomic mass is 9.78. The van der Waals surface area contributed by atoms with E-state index in [-0.39, 0.29) is 11.9 Å². The minimum atomic E-state index is -0.129. The first-order valence-corrected chi connectivity index (χ1v) is 11.5. The monoisotopic (exact) mass is 447 g/mol. The molecular weight excluding hydrogens is 414 g/mol. The number of benzene rings is 2. The number of aliphatic imine (C=N–C) groups is 1. The molecule has 2 aromatic carbocycles. The minimum absolute atomic E-state index is 0.0871. The van der Waals surface area contributed by atoms with Gasteiger partial charge in [0.25, 0.3) is 5.91 Å². The predicted molar refractivity (Wildman–Crippen MR) is 130 cm³/mol. The summed E-state index contributed by atoms with van der Waals surface area (Å²) < 4.78 is 5.40. The molecule has 1 aliphatic rings. The van der Waals surface area contributed by atoms with Crippen LogP contribution in [-0.4, -0.2) is 43.5 Å². The Kier molecular flexibility index (Phi) is 8.71. The molecule has 0 aromatic heterocycles. The van der Waals surface area contributed by atoms with Gasteiger partial charge in [0.1, 0.15) is 5.75 Å². The zero-order valence-electron chi connectivity index (χ0n) is 19.6. The molecule has 7 nitrogen and oxygen atoms in total. The van der Waals surface area contributed by atoms with Gasteiger partial charge in [-0.15, -0.1) is 4.99 Å². The highest BCUT2D eigenvalue weighted by Crippen LogP contribution is 2.36. The van der Waals surface area contributed by atoms with Crippen molar-refractivity contribution in [3.05, 3.63) is 65.7 Å². The van der Waals surface area contributed by atoms with E-state index in [1.807, 2.05) is 50.5 Å². The lowest BCUT2D eigenvalue weighted by Gasteiger charge is -2.39. The quantitative estimate of drug-likeness (QED) is 0.379. The van der Waals surface area contributed by atoms with Crippen molar-refractivity contribution < 1.29 is 9.53 Å². The third kappa shape index (κ3) is 6.04. The molecule has 33 heavy (non-hydrogen) atoms. The highest BCUT2D eigenvalue weighted by molar-refractivity contribution is 5.97. The van der Waals surface area contributed by atoms with Crippen LogP contribution in [0.1, 0.15) is 54.6 Å². The summed E-state index contributed by atoms with van der Waals surface area (Å²) in [4.78, 5) is 19.2. The summed E-state index contributed by atoms with van der Waals surface area (Å²) in [6, 6.07) is 17.7. The molecule has 0 bridgehead atoms. The van der Waals surface area contributed by atoms with Gasteiger partial charge in [0.2, 0.25) is 12.2 Å². The fourth-order valence-corrected chi connectivity index (χ4v) is 4.63. The fraction of sp³-hybridized carbons (Fsp3) is 0.423. The maximum atomic E-state index is 13.2. The number of carbonyl (C=O) groups excluding carboxylic acids is 1. The Bertz CT molecular complexity index is 978. The van der Waals surface area contributed by atoms with E-state index >= 15 is 0 Å². The Balaban J connectivity index is 1.75. The van der Waals surface area contributed by atoms with Gasteiger partial charge in [-0.3, -0.25) is 4.79 Å². The van der Waals surface area contributed by atoms with Crippen LogP contribution in [0.4, 0.5) is 0 Å². The second kappa shape index (κ2) is 11.9. The van der Waals surface area contributed by atoms with Crippen LogP contribution in [0.5, 0.6) is 5.75 Å². The van der Waals surface area contributed by atoms with E-state index < -0.39 is 0 Å². The summed E-state index contributed by atoms with van der Waals surface area (Å²) in [6.45, 7) is 2.71. The first kappa shape index (κ1) is 24.1. The van der Waals surface area contributed by atoms with E-state index in [1.54, 1.807) is 19.2 Å². The number of methoxy groups -OCH3 is 1. The molecule has 174 valence electrons. The third-order valence-corrected chi connectivity index (χ3v) is 6.38. The molecule has 3 rings (SSSR count). The van der Waals surface area contributed by atoms with Gasteiger partial charge in [-0.1, -0.05) is 42.5 Å². The van der Waals surface area contributed by atoms with Crippen LogP contribution in [0.25, 0.3) is 0 Å². The van der Waals surface area contributed by atoms with Gasteiger partial charge in [-0.2, -0.15) is 5.26 Å². The van der Waals surface area contributed by atoms with E-state index in [2.05, 4.69) is 32.7 Å². The van der Waals surface area contributed by atoms with Gasteiger partial charge >= 0.3 is 0 Å². The molecule has 0 radical (unpaired) electrons. The van der Waals surface area contributed by atoms with Gasteiger partial charge in [-0.05, 0) is 56.2 Å². The molecular formula is C26H33N5O2. The van der Waals surface area contributed by atoms with E-state index in [0.29, 0.717) is 35.8 Å². The second-order valence-corrected chi connectivity index (χ2v) is 8.31. The Labute approximate surface area is 196 Å². The van der Waals surface area contributed by atoms with Crippen LogP contribution in [-0.2, 0) is 0 Å². The maximum Gasteiger partial charge on any atom is 0.255 e. The average Bonchev–Trinajstić information content (AvgIpc) is 2.87. The molecule has 0 heterocycles. The molecule has 1 unspecified atom stereocenters. The van der Waals surface area contributed by atoms with Gasteiger partial charge < -0.3 is 20.3 Å². The topological polar surface area (TPSA) is 89.8 Å². The van der Waals surface area contributed by atoms with Crippen molar-refractivity contribution in [2.45, 2.75) is 44.7 Å². The first-order valence-electron chi connectivity index (χ1n) is 11.5. The van der Waals surface area contributed by atoms with Crippen LogP contribution < -0.4 is 15.4 Å². The Morgan fingerprint density at radius 3 is 2.45 bits per heavy atom. The van der Waals surface area contributed by atoms with E-state index in [4.69, 9.17) is 10.00 Å². The summed E-state index contributed by atoms with van der Waals surface area (Å²) in [5.41, 5.74) is 1.65. The molecule has 7 heteroatoms. The summed E-state index contributed by atoms with van der Waals surface area (Å²) in [6.07, 6.45) is 5.75. The lowest BCUT2D eigenvalue weighted by Crippen LogP contribution is -2.47. The second-order valence-electron chi connectivity index (χ2n) is 8.31. The molecule has 2 N–H and O–H groups in total. The number of carbonyl (C=O) groups is 1. The van der Waals surface area contributed by atoms with Crippen molar-refractivity contribution in [3.8, 4) is 11.9 Å². The number of para-hydroxylation sites is 1. The van der Waals surface area contributed by atoms with Gasteiger partial charge in [0.15, 0.2) is 0 Å². The van der Waals surface area contributed by atoms with Crippen molar-refractivity contribution >= 4 is 11.9 Å². The first-order chi connectivity index (χ1) is 16.1. The molecule has 1 amide bonds. The normalized spacial score (nSPS) is 19.2. The Morgan fingerprint density at radius 1 is 1.15 bits per heavy atom. The lowest BCUT2D eigenvalue weighted by molar-refractivity contribution is 0.0901. The molecule has 0 saturated heterocycles. The van der Waals surface area contributed by atoms with Crippen molar-refractivity contribution in [2.24, 2.45) is 10.9 Å². The number of rotatable bonds is 7. The molecule has 1 atom stereocenters. The van der Waals surface area contributed by atoms with Crippen LogP contribution in [0.2, 0.25) is 0 Å². The smallest absolute Gasteiger partial charge is 0.255 e. The molecule has 0 spiro atoms. The minimum Gasteiger partial charge on any atom is -0.496 e. The number of amides is 1. The Morgan fingerprint density at radius 2 is 1.82 bits per heavy atom. The zero-order valence-corrected chi connectivity index (χ0v) is 19.6. The molecule has 1 saturated carbocycles. The molecule has 2 aromatic rings. The zero-order chi connectivity index (χ0) is 23.6. The summed E-state index contributed by atoms with van der Waals surface area (Å²) in [5.74, 6) is 1.37. The maximum absolute atomic E-state index is 13.2. The van der Waals surface area contributed by atoms with E-state index in [0.717, 1.165) is 31.2 Å². The number of hydrogen-bond donors (Lipinski definition) is 2. The third-order valence-electron chi connectivity index (χ3n) is 6.38. The predicted octanol–water partition coefficient (Wildman–Crippen LogP) is 4.10. The SMILES string of the molecule is CCNC(=NC#N)N(C)[C@H]1CC[C@H](C(NC(=O)c2ccccc2OC)c2ccccc2)CC1. The standard InChI is InChI=1S/C26H33N5O2/c1-4-28-26(29-18-27)31(2)21-16-14-20(15-17-21)24(19-10-6-5-7-11-19)30-25(32)22-12-8-9-13-23(22)33-3/h5-13,20-21,24H,4,14-17H2,1-3H3,(H,28,29)(H,30,32)/t20-,21-,24?. The van der Waals surface area contributed by atoms with E-state index in [1.165, 1.54) is 0 Å². The van der Waals surface area contributed by atoms with Crippen molar-refractivity contribution in [1.29, 1.82) is 5.26 Å². The molecule has 1 fully saturated rings. The highest BCUT2D eigenvalue weighted by atomic mass is 16.5. The van der Waals surface area contributed by atoms with Crippen LogP contribution >= 0.6 is 0 Å². The van der Waals surface area contributed by atoms with E-state index in [9.17, 15) is 4.79 Å². The highest BCUT2D eigenvalue weighted by Gasteiger charge is 2.32. The summed E-state index contributed by atoms with van der Waals surface area (Å²) in [7, 11) is 3.57. The van der Waals surface area contributed by atoms with Crippen molar-refractivity contribution in [2.75, 3.05) is 20.7 Å². The molecule has 1 aliphatic carbocycles. The van der Waals surface area contributed by atoms with Gasteiger partial charge in [-0.25, -0.2) is 0 Å². The summed E-state index contributed by atoms with van der Waals surface area (Å²) >= 11 is 0. The average molecular weight is 448 g/mol. The number of nitrogens with one attached hydrogen (secondary N) is 2. The number of nitriles is 1. The molecule has 0 aliphatic heterocycles. The summed E-state index contributed by atoms with van der Waals surface area (Å²) in [5, 5.41) is 15.5. The van der Waals surface area contributed by atoms with Crippen molar-refractivity contribution in [1.82, 2.24) is 15.5 Å². The van der Waals surface area contributed by atoms with Crippen LogP contribution in [0, 0.1) is 17.4 Å². The largest absolute Gasteiger partial charge is 0.496 e. The number of guanidine groups is 1. The van der Waals surface area contributed by atoms with Gasteiger partial charge in [0.05, 0.1) is 18.7 Å². The van der Waals surface area contributed by atoms with Crippen molar-refractivity contribution in [3.63, 3.8) is 0 Å². The fourth-order valence-electron chi connectivity index (χ4n) is 4.63. The number of hydrogen-bond acceptors (Lipinski definition) is 4. The van der Waals surface area contributed by atoms with Crippen LogP contribution in [0.3, 0.4) is 0 Å². The van der Waals surface area contributed by atoms with Gasteiger partial charge in [0, 0.05) is 19.6 Å².